The standard InChI is InChI=1S/C12H4Br2F4S2/c13-5-1-11(9(17)3-7(5)15)19-20-12-2-6(14)8(16)4-10(12)18/h1-4H. The third kappa shape index (κ3) is 3.72. The zero-order valence-electron chi connectivity index (χ0n) is 9.39. The molecular weight excluding hydrogens is 444 g/mol. The van der Waals surface area contributed by atoms with Gasteiger partial charge in [-0.05, 0) is 65.6 Å². The highest BCUT2D eigenvalue weighted by molar-refractivity contribution is 9.10. The molecule has 106 valence electrons. The molecule has 0 atom stereocenters. The van der Waals surface area contributed by atoms with Gasteiger partial charge >= 0.3 is 0 Å². The molecule has 0 amide bonds. The molecule has 0 saturated heterocycles. The summed E-state index contributed by atoms with van der Waals surface area (Å²) in [5, 5.41) is 0. The van der Waals surface area contributed by atoms with Crippen LogP contribution in [0.5, 0.6) is 0 Å². The number of rotatable bonds is 3. The van der Waals surface area contributed by atoms with Crippen LogP contribution in [0, 0.1) is 23.3 Å². The minimum atomic E-state index is -0.746. The lowest BCUT2D eigenvalue weighted by Crippen LogP contribution is -1.86. The molecule has 0 aromatic heterocycles. The van der Waals surface area contributed by atoms with Gasteiger partial charge in [-0.25, -0.2) is 17.6 Å². The molecular formula is C12H4Br2F4S2. The van der Waals surface area contributed by atoms with Crippen molar-refractivity contribution in [1.29, 1.82) is 0 Å². The first kappa shape index (κ1) is 16.2. The zero-order valence-corrected chi connectivity index (χ0v) is 14.2. The van der Waals surface area contributed by atoms with E-state index in [1.54, 1.807) is 0 Å². The Bertz CT molecular complexity index is 607. The van der Waals surface area contributed by atoms with Crippen molar-refractivity contribution in [3.8, 4) is 0 Å². The Kier molecular flexibility index (Phi) is 5.44. The minimum Gasteiger partial charge on any atom is -0.206 e. The Balaban J connectivity index is 2.21. The topological polar surface area (TPSA) is 0 Å². The predicted octanol–water partition coefficient (Wildman–Crippen LogP) is 6.57. The van der Waals surface area contributed by atoms with Gasteiger partial charge in [0.25, 0.3) is 0 Å². The van der Waals surface area contributed by atoms with Crippen molar-refractivity contribution in [1.82, 2.24) is 0 Å². The van der Waals surface area contributed by atoms with Crippen molar-refractivity contribution in [2.24, 2.45) is 0 Å². The minimum absolute atomic E-state index is 0.114. The van der Waals surface area contributed by atoms with E-state index < -0.39 is 23.3 Å². The number of halogens is 6. The molecule has 0 unspecified atom stereocenters. The molecule has 0 N–H and O–H groups in total. The number of benzene rings is 2. The normalized spacial score (nSPS) is 10.9. The molecule has 0 aliphatic heterocycles. The van der Waals surface area contributed by atoms with Gasteiger partial charge < -0.3 is 0 Å². The lowest BCUT2D eigenvalue weighted by atomic mass is 10.3. The fourth-order valence-electron chi connectivity index (χ4n) is 1.23. The quantitative estimate of drug-likeness (QED) is 0.296. The molecule has 0 heterocycles. The van der Waals surface area contributed by atoms with Gasteiger partial charge in [0, 0.05) is 12.1 Å². The van der Waals surface area contributed by atoms with Gasteiger partial charge in [-0.1, -0.05) is 0 Å². The van der Waals surface area contributed by atoms with Crippen LogP contribution in [-0.4, -0.2) is 0 Å². The van der Waals surface area contributed by atoms with E-state index in [1.165, 1.54) is 12.1 Å². The fourth-order valence-corrected chi connectivity index (χ4v) is 4.31. The van der Waals surface area contributed by atoms with E-state index >= 15 is 0 Å². The first-order valence-corrected chi connectivity index (χ1v) is 8.75. The predicted molar refractivity (Wildman–Crippen MR) is 79.8 cm³/mol. The maximum absolute atomic E-state index is 13.5. The Labute approximate surface area is 137 Å². The SMILES string of the molecule is Fc1cc(F)c(SSc2cc(Br)c(F)cc2F)cc1Br. The summed E-state index contributed by atoms with van der Waals surface area (Å²) in [5.41, 5.74) is 0. The van der Waals surface area contributed by atoms with Crippen LogP contribution in [0.2, 0.25) is 0 Å². The first-order valence-electron chi connectivity index (χ1n) is 5.02. The van der Waals surface area contributed by atoms with E-state index in [4.69, 9.17) is 0 Å². The molecule has 0 spiro atoms. The van der Waals surface area contributed by atoms with Gasteiger partial charge in [0.05, 0.1) is 18.7 Å². The smallest absolute Gasteiger partial charge is 0.140 e. The van der Waals surface area contributed by atoms with Crippen molar-refractivity contribution in [3.63, 3.8) is 0 Å². The fraction of sp³-hybridized carbons (Fsp3) is 0. The molecule has 8 heteroatoms. The van der Waals surface area contributed by atoms with Crippen LogP contribution in [0.3, 0.4) is 0 Å². The van der Waals surface area contributed by atoms with Crippen LogP contribution >= 0.6 is 53.4 Å². The summed E-state index contributed by atoms with van der Waals surface area (Å²) in [5.74, 6) is -2.92. The van der Waals surface area contributed by atoms with E-state index in [2.05, 4.69) is 31.9 Å². The van der Waals surface area contributed by atoms with Gasteiger partial charge in [-0.2, -0.15) is 0 Å². The molecule has 0 nitrogen and oxygen atoms in total. The highest BCUT2D eigenvalue weighted by Gasteiger charge is 2.13. The number of hydrogen-bond donors (Lipinski definition) is 0. The van der Waals surface area contributed by atoms with Crippen LogP contribution in [0.15, 0.2) is 43.0 Å². The molecule has 2 rings (SSSR count). The Morgan fingerprint density at radius 2 is 0.950 bits per heavy atom. The van der Waals surface area contributed by atoms with Crippen LogP contribution in [-0.2, 0) is 0 Å². The monoisotopic (exact) mass is 446 g/mol. The second-order valence-electron chi connectivity index (χ2n) is 3.56. The van der Waals surface area contributed by atoms with Crippen molar-refractivity contribution in [2.45, 2.75) is 9.79 Å². The summed E-state index contributed by atoms with van der Waals surface area (Å²) in [6, 6.07) is 4.01. The van der Waals surface area contributed by atoms with E-state index in [0.717, 1.165) is 33.7 Å². The Morgan fingerprint density at radius 3 is 1.30 bits per heavy atom. The second-order valence-corrected chi connectivity index (χ2v) is 7.48. The largest absolute Gasteiger partial charge is 0.206 e. The average molecular weight is 448 g/mol. The van der Waals surface area contributed by atoms with E-state index in [0.29, 0.717) is 0 Å². The third-order valence-electron chi connectivity index (χ3n) is 2.17. The molecule has 0 aliphatic rings. The van der Waals surface area contributed by atoms with Crippen molar-refractivity contribution >= 4 is 53.4 Å². The molecule has 0 radical (unpaired) electrons. The maximum Gasteiger partial charge on any atom is 0.140 e. The summed E-state index contributed by atoms with van der Waals surface area (Å²) in [6.45, 7) is 0. The maximum atomic E-state index is 13.5. The van der Waals surface area contributed by atoms with E-state index in [-0.39, 0.29) is 18.7 Å². The molecule has 2 aromatic carbocycles. The lowest BCUT2D eigenvalue weighted by molar-refractivity contribution is 0.560. The summed E-state index contributed by atoms with van der Waals surface area (Å²) in [4.78, 5) is 0.284. The average Bonchev–Trinajstić information content (AvgIpc) is 2.37. The van der Waals surface area contributed by atoms with Crippen LogP contribution < -0.4 is 0 Å². The summed E-state index contributed by atoms with van der Waals surface area (Å²) in [6.07, 6.45) is 0. The van der Waals surface area contributed by atoms with Gasteiger partial charge in [-0.3, -0.25) is 0 Å². The number of hydrogen-bond acceptors (Lipinski definition) is 2. The molecule has 20 heavy (non-hydrogen) atoms. The van der Waals surface area contributed by atoms with Gasteiger partial charge in [0.15, 0.2) is 0 Å². The Morgan fingerprint density at radius 1 is 0.600 bits per heavy atom. The van der Waals surface area contributed by atoms with Crippen LogP contribution in [0.4, 0.5) is 17.6 Å². The molecule has 0 aliphatic carbocycles. The molecule has 0 saturated carbocycles. The summed E-state index contributed by atoms with van der Waals surface area (Å²) < 4.78 is 53.4. The van der Waals surface area contributed by atoms with Crippen LogP contribution in [0.1, 0.15) is 0 Å². The molecule has 0 fully saturated rings. The van der Waals surface area contributed by atoms with Gasteiger partial charge in [0.2, 0.25) is 0 Å². The van der Waals surface area contributed by atoms with E-state index in [1.807, 2.05) is 0 Å². The molecule has 2 aromatic rings. The lowest BCUT2D eigenvalue weighted by Gasteiger charge is -2.06. The van der Waals surface area contributed by atoms with Gasteiger partial charge in [-0.15, -0.1) is 0 Å². The molecule has 0 bridgehead atoms. The summed E-state index contributed by atoms with van der Waals surface area (Å²) in [7, 11) is 1.83. The Hall–Kier alpha value is -0.180. The van der Waals surface area contributed by atoms with Crippen molar-refractivity contribution < 1.29 is 17.6 Å². The van der Waals surface area contributed by atoms with Crippen molar-refractivity contribution in [3.05, 3.63) is 56.5 Å². The van der Waals surface area contributed by atoms with Crippen LogP contribution in [0.25, 0.3) is 0 Å². The highest BCUT2D eigenvalue weighted by Crippen LogP contribution is 2.42. The highest BCUT2D eigenvalue weighted by atomic mass is 79.9. The second kappa shape index (κ2) is 6.72. The van der Waals surface area contributed by atoms with E-state index in [9.17, 15) is 17.6 Å². The summed E-state index contributed by atoms with van der Waals surface area (Å²) >= 11 is 5.89. The first-order chi connectivity index (χ1) is 9.38. The zero-order chi connectivity index (χ0) is 14.9. The third-order valence-corrected chi connectivity index (χ3v) is 5.78. The van der Waals surface area contributed by atoms with Crippen molar-refractivity contribution in [2.75, 3.05) is 0 Å². The van der Waals surface area contributed by atoms with Gasteiger partial charge in [0.1, 0.15) is 23.3 Å².